The first-order valence-electron chi connectivity index (χ1n) is 9.81. The van der Waals surface area contributed by atoms with Gasteiger partial charge in [-0.1, -0.05) is 42.5 Å². The van der Waals surface area contributed by atoms with Crippen LogP contribution >= 0.6 is 0 Å². The van der Waals surface area contributed by atoms with Gasteiger partial charge in [-0.05, 0) is 47.9 Å². The van der Waals surface area contributed by atoms with Crippen LogP contribution in [0.4, 0.5) is 5.69 Å². The molecule has 29 heavy (non-hydrogen) atoms. The third kappa shape index (κ3) is 4.88. The van der Waals surface area contributed by atoms with Gasteiger partial charge in [0.05, 0.1) is 0 Å². The van der Waals surface area contributed by atoms with Gasteiger partial charge in [0.2, 0.25) is 5.91 Å². The number of nitrogens with one attached hydrogen (secondary N) is 2. The molecule has 0 bridgehead atoms. The minimum absolute atomic E-state index is 0.0662. The molecule has 2 amide bonds. The fraction of sp³-hybridized carbons (Fsp3) is 0.208. The summed E-state index contributed by atoms with van der Waals surface area (Å²) in [4.78, 5) is 36.9. The summed E-state index contributed by atoms with van der Waals surface area (Å²) in [5, 5.41) is 7.78. The van der Waals surface area contributed by atoms with Crippen LogP contribution in [0, 0.1) is 0 Å². The first-order chi connectivity index (χ1) is 14.1. The Kier molecular flexibility index (Phi) is 5.38. The summed E-state index contributed by atoms with van der Waals surface area (Å²) in [7, 11) is 0. The Morgan fingerprint density at radius 3 is 2.38 bits per heavy atom. The van der Waals surface area contributed by atoms with Crippen LogP contribution in [0.15, 0.2) is 66.7 Å². The number of fused-ring (bicyclic) bond motifs is 1. The lowest BCUT2D eigenvalue weighted by Crippen LogP contribution is -2.25. The summed E-state index contributed by atoms with van der Waals surface area (Å²) >= 11 is 0. The van der Waals surface area contributed by atoms with Gasteiger partial charge in [-0.15, -0.1) is 0 Å². The van der Waals surface area contributed by atoms with Crippen molar-refractivity contribution in [3.05, 3.63) is 77.9 Å². The van der Waals surface area contributed by atoms with E-state index >= 15 is 0 Å². The van der Waals surface area contributed by atoms with Crippen LogP contribution in [0.2, 0.25) is 0 Å². The van der Waals surface area contributed by atoms with Crippen molar-refractivity contribution >= 4 is 34.1 Å². The third-order valence-corrected chi connectivity index (χ3v) is 4.97. The van der Waals surface area contributed by atoms with Crippen LogP contribution in [0.3, 0.4) is 0 Å². The predicted molar refractivity (Wildman–Crippen MR) is 113 cm³/mol. The molecule has 146 valence electrons. The lowest BCUT2D eigenvalue weighted by atomic mass is 10.0. The van der Waals surface area contributed by atoms with Gasteiger partial charge >= 0.3 is 0 Å². The molecule has 4 rings (SSSR count). The SMILES string of the molecule is O=C(CCC(=O)c1ccc2ccccc2c1)Nc1cccc(C(=O)NC2CC2)c1. The van der Waals surface area contributed by atoms with E-state index in [0.29, 0.717) is 16.8 Å². The molecule has 0 unspecified atom stereocenters. The molecule has 0 spiro atoms. The summed E-state index contributed by atoms with van der Waals surface area (Å²) in [6, 6.07) is 20.5. The summed E-state index contributed by atoms with van der Waals surface area (Å²) in [6.45, 7) is 0. The quantitative estimate of drug-likeness (QED) is 0.594. The highest BCUT2D eigenvalue weighted by Gasteiger charge is 2.23. The molecule has 3 aromatic rings. The number of hydrogen-bond donors (Lipinski definition) is 2. The van der Waals surface area contributed by atoms with E-state index in [2.05, 4.69) is 10.6 Å². The van der Waals surface area contributed by atoms with E-state index in [4.69, 9.17) is 0 Å². The zero-order valence-corrected chi connectivity index (χ0v) is 16.0. The summed E-state index contributed by atoms with van der Waals surface area (Å²) < 4.78 is 0. The second-order valence-electron chi connectivity index (χ2n) is 7.36. The second kappa shape index (κ2) is 8.27. The van der Waals surface area contributed by atoms with E-state index in [9.17, 15) is 14.4 Å². The lowest BCUT2D eigenvalue weighted by molar-refractivity contribution is -0.116. The van der Waals surface area contributed by atoms with Gasteiger partial charge in [0.25, 0.3) is 5.91 Å². The Morgan fingerprint density at radius 1 is 0.793 bits per heavy atom. The fourth-order valence-electron chi connectivity index (χ4n) is 3.19. The van der Waals surface area contributed by atoms with Gasteiger partial charge in [0, 0.05) is 35.7 Å². The highest BCUT2D eigenvalue weighted by atomic mass is 16.2. The van der Waals surface area contributed by atoms with Gasteiger partial charge in [-0.2, -0.15) is 0 Å². The topological polar surface area (TPSA) is 75.3 Å². The maximum atomic E-state index is 12.5. The Bertz CT molecular complexity index is 1090. The van der Waals surface area contributed by atoms with Gasteiger partial charge in [0.1, 0.15) is 0 Å². The van der Waals surface area contributed by atoms with Gasteiger partial charge in [0.15, 0.2) is 5.78 Å². The predicted octanol–water partition coefficient (Wildman–Crippen LogP) is 4.33. The standard InChI is InChI=1S/C24H22N2O3/c27-22(18-9-8-16-4-1-2-5-17(16)14-18)12-13-23(28)25-21-7-3-6-19(15-21)24(29)26-20-10-11-20/h1-9,14-15,20H,10-13H2,(H,25,28)(H,26,29). The van der Waals surface area contributed by atoms with E-state index in [1.807, 2.05) is 36.4 Å². The van der Waals surface area contributed by atoms with Crippen molar-refractivity contribution in [2.75, 3.05) is 5.32 Å². The van der Waals surface area contributed by atoms with E-state index in [1.54, 1.807) is 30.3 Å². The minimum Gasteiger partial charge on any atom is -0.349 e. The minimum atomic E-state index is -0.251. The van der Waals surface area contributed by atoms with Crippen LogP contribution in [0.5, 0.6) is 0 Å². The Hall–Kier alpha value is -3.47. The molecule has 1 aliphatic rings. The molecule has 0 aromatic heterocycles. The first kappa shape index (κ1) is 18.9. The average molecular weight is 386 g/mol. The molecular formula is C24H22N2O3. The summed E-state index contributed by atoms with van der Waals surface area (Å²) in [6.07, 6.45) is 2.26. The monoisotopic (exact) mass is 386 g/mol. The van der Waals surface area contributed by atoms with E-state index in [-0.39, 0.29) is 36.5 Å². The Labute approximate surface area is 169 Å². The van der Waals surface area contributed by atoms with Crippen LogP contribution < -0.4 is 10.6 Å². The number of anilines is 1. The Morgan fingerprint density at radius 2 is 1.59 bits per heavy atom. The maximum Gasteiger partial charge on any atom is 0.251 e. The van der Waals surface area contributed by atoms with Gasteiger partial charge in [-0.3, -0.25) is 14.4 Å². The molecule has 5 nitrogen and oxygen atoms in total. The Balaban J connectivity index is 1.33. The number of hydrogen-bond acceptors (Lipinski definition) is 3. The number of amides is 2. The highest BCUT2D eigenvalue weighted by molar-refractivity contribution is 6.03. The molecule has 0 radical (unpaired) electrons. The van der Waals surface area contributed by atoms with Gasteiger partial charge in [-0.25, -0.2) is 0 Å². The summed E-state index contributed by atoms with van der Waals surface area (Å²) in [5.74, 6) is -0.447. The van der Waals surface area contributed by atoms with Crippen molar-refractivity contribution in [1.29, 1.82) is 0 Å². The maximum absolute atomic E-state index is 12.5. The number of carbonyl (C=O) groups is 3. The van der Waals surface area contributed by atoms with Crippen LogP contribution in [-0.2, 0) is 4.79 Å². The second-order valence-corrected chi connectivity index (χ2v) is 7.36. The molecule has 5 heteroatoms. The molecule has 0 atom stereocenters. The van der Waals surface area contributed by atoms with E-state index in [0.717, 1.165) is 23.6 Å². The molecule has 1 saturated carbocycles. The fourth-order valence-corrected chi connectivity index (χ4v) is 3.19. The van der Waals surface area contributed by atoms with Crippen LogP contribution in [-0.4, -0.2) is 23.6 Å². The summed E-state index contributed by atoms with van der Waals surface area (Å²) in [5.41, 5.74) is 1.67. The number of benzene rings is 3. The molecule has 1 aliphatic carbocycles. The molecule has 1 fully saturated rings. The average Bonchev–Trinajstić information content (AvgIpc) is 3.56. The normalized spacial score (nSPS) is 13.1. The van der Waals surface area contributed by atoms with Crippen molar-refractivity contribution < 1.29 is 14.4 Å². The van der Waals surface area contributed by atoms with Crippen LogP contribution in [0.1, 0.15) is 46.4 Å². The first-order valence-corrected chi connectivity index (χ1v) is 9.81. The van der Waals surface area contributed by atoms with E-state index in [1.165, 1.54) is 0 Å². The number of Topliss-reactive ketones (excluding diaryl/α,β-unsaturated/α-hetero) is 1. The molecule has 0 aliphatic heterocycles. The molecule has 2 N–H and O–H groups in total. The smallest absolute Gasteiger partial charge is 0.251 e. The number of ketones is 1. The molecule has 0 heterocycles. The lowest BCUT2D eigenvalue weighted by Gasteiger charge is -2.08. The van der Waals surface area contributed by atoms with Crippen molar-refractivity contribution in [3.63, 3.8) is 0 Å². The molecule has 3 aromatic carbocycles. The van der Waals surface area contributed by atoms with Crippen molar-refractivity contribution in [2.24, 2.45) is 0 Å². The van der Waals surface area contributed by atoms with E-state index < -0.39 is 0 Å². The van der Waals surface area contributed by atoms with Crippen LogP contribution in [0.25, 0.3) is 10.8 Å². The van der Waals surface area contributed by atoms with Gasteiger partial charge < -0.3 is 10.6 Å². The third-order valence-electron chi connectivity index (χ3n) is 4.97. The van der Waals surface area contributed by atoms with Crippen molar-refractivity contribution in [1.82, 2.24) is 5.32 Å². The number of carbonyl (C=O) groups excluding carboxylic acids is 3. The largest absolute Gasteiger partial charge is 0.349 e. The van der Waals surface area contributed by atoms with Crippen molar-refractivity contribution in [3.8, 4) is 0 Å². The zero-order chi connectivity index (χ0) is 20.2. The molecular weight excluding hydrogens is 364 g/mol. The zero-order valence-electron chi connectivity index (χ0n) is 16.0. The van der Waals surface area contributed by atoms with Crippen molar-refractivity contribution in [2.45, 2.75) is 31.7 Å². The highest BCUT2D eigenvalue weighted by Crippen LogP contribution is 2.20. The number of rotatable bonds is 7. The molecule has 0 saturated heterocycles.